The second kappa shape index (κ2) is 5.90. The molecule has 2 aromatic rings. The number of aromatic amines is 1. The van der Waals surface area contributed by atoms with E-state index in [1.165, 1.54) is 0 Å². The Morgan fingerprint density at radius 2 is 2.14 bits per heavy atom. The molecule has 2 rings (SSSR count). The fraction of sp³-hybridized carbons (Fsp3) is 0.429. The zero-order chi connectivity index (χ0) is 15.5. The molecule has 0 fully saturated rings. The average Bonchev–Trinajstić information content (AvgIpc) is 2.90. The molecular formula is C14H19N5O2. The molecule has 7 nitrogen and oxygen atoms in total. The third-order valence-corrected chi connectivity index (χ3v) is 2.96. The van der Waals surface area contributed by atoms with Crippen LogP contribution in [0.25, 0.3) is 0 Å². The lowest BCUT2D eigenvalue weighted by Gasteiger charge is -2.19. The van der Waals surface area contributed by atoms with Gasteiger partial charge in [-0.2, -0.15) is 5.10 Å². The van der Waals surface area contributed by atoms with Gasteiger partial charge in [0.1, 0.15) is 5.82 Å². The predicted molar refractivity (Wildman–Crippen MR) is 78.5 cm³/mol. The molecular weight excluding hydrogens is 270 g/mol. The van der Waals surface area contributed by atoms with Gasteiger partial charge < -0.3 is 10.4 Å². The Hall–Kier alpha value is -2.44. The minimum atomic E-state index is -1.13. The Morgan fingerprint density at radius 1 is 1.38 bits per heavy atom. The van der Waals surface area contributed by atoms with Crippen LogP contribution in [-0.4, -0.2) is 37.8 Å². The SMILES string of the molecule is CC(C)(C)c1cc(NCCc2cn[nH]c2)nc(C(=O)O)n1. The number of hydrogen-bond donors (Lipinski definition) is 3. The van der Waals surface area contributed by atoms with Crippen LogP contribution in [0.4, 0.5) is 5.82 Å². The Labute approximate surface area is 122 Å². The van der Waals surface area contributed by atoms with Crippen molar-refractivity contribution in [2.75, 3.05) is 11.9 Å². The lowest BCUT2D eigenvalue weighted by Crippen LogP contribution is -2.19. The molecule has 112 valence electrons. The van der Waals surface area contributed by atoms with Crippen molar-refractivity contribution in [3.05, 3.63) is 35.5 Å². The monoisotopic (exact) mass is 289 g/mol. The standard InChI is InChI=1S/C14H19N5O2/c1-14(2,3)10-6-11(19-12(18-10)13(20)21)15-5-4-9-7-16-17-8-9/h6-8H,4-5H2,1-3H3,(H,16,17)(H,20,21)(H,15,18,19). The summed E-state index contributed by atoms with van der Waals surface area (Å²) < 4.78 is 0. The largest absolute Gasteiger partial charge is 0.475 e. The molecule has 3 N–H and O–H groups in total. The molecule has 2 heterocycles. The summed E-state index contributed by atoms with van der Waals surface area (Å²) in [7, 11) is 0. The molecule has 0 radical (unpaired) electrons. The van der Waals surface area contributed by atoms with E-state index in [0.717, 1.165) is 12.0 Å². The molecule has 0 aliphatic carbocycles. The topological polar surface area (TPSA) is 104 Å². The first-order valence-electron chi connectivity index (χ1n) is 6.70. The van der Waals surface area contributed by atoms with Crippen molar-refractivity contribution in [1.82, 2.24) is 20.2 Å². The normalized spacial score (nSPS) is 11.4. The van der Waals surface area contributed by atoms with Gasteiger partial charge in [0.15, 0.2) is 0 Å². The van der Waals surface area contributed by atoms with Gasteiger partial charge in [-0.25, -0.2) is 14.8 Å². The molecule has 0 aromatic carbocycles. The number of H-pyrrole nitrogens is 1. The second-order valence-corrected chi connectivity index (χ2v) is 5.80. The third kappa shape index (κ3) is 4.01. The van der Waals surface area contributed by atoms with Crippen LogP contribution in [0.1, 0.15) is 42.6 Å². The van der Waals surface area contributed by atoms with Crippen LogP contribution in [-0.2, 0) is 11.8 Å². The maximum Gasteiger partial charge on any atom is 0.374 e. The predicted octanol–water partition coefficient (Wildman–Crippen LogP) is 1.85. The van der Waals surface area contributed by atoms with Crippen molar-refractivity contribution in [3.63, 3.8) is 0 Å². The molecule has 0 aliphatic rings. The molecule has 0 saturated carbocycles. The van der Waals surface area contributed by atoms with Gasteiger partial charge in [0.2, 0.25) is 5.82 Å². The molecule has 21 heavy (non-hydrogen) atoms. The summed E-state index contributed by atoms with van der Waals surface area (Å²) >= 11 is 0. The van der Waals surface area contributed by atoms with Crippen molar-refractivity contribution in [1.29, 1.82) is 0 Å². The Bertz CT molecular complexity index is 617. The maximum atomic E-state index is 11.1. The highest BCUT2D eigenvalue weighted by Gasteiger charge is 2.20. The minimum Gasteiger partial charge on any atom is -0.475 e. The number of aromatic carboxylic acids is 1. The number of carboxylic acid groups (broad SMARTS) is 1. The summed E-state index contributed by atoms with van der Waals surface area (Å²) in [4.78, 5) is 19.2. The zero-order valence-electron chi connectivity index (χ0n) is 12.3. The summed E-state index contributed by atoms with van der Waals surface area (Å²) in [5, 5.41) is 18.9. The smallest absolute Gasteiger partial charge is 0.374 e. The van der Waals surface area contributed by atoms with Crippen molar-refractivity contribution in [2.45, 2.75) is 32.6 Å². The van der Waals surface area contributed by atoms with Crippen LogP contribution in [0.15, 0.2) is 18.5 Å². The van der Waals surface area contributed by atoms with Crippen LogP contribution < -0.4 is 5.32 Å². The summed E-state index contributed by atoms with van der Waals surface area (Å²) in [5.41, 5.74) is 1.53. The minimum absolute atomic E-state index is 0.187. The fourth-order valence-electron chi connectivity index (χ4n) is 1.77. The third-order valence-electron chi connectivity index (χ3n) is 2.96. The van der Waals surface area contributed by atoms with Gasteiger partial charge in [0, 0.05) is 24.2 Å². The number of nitrogens with zero attached hydrogens (tertiary/aromatic N) is 3. The lowest BCUT2D eigenvalue weighted by molar-refractivity contribution is 0.0683. The summed E-state index contributed by atoms with van der Waals surface area (Å²) in [6.45, 7) is 6.59. The number of aromatic nitrogens is 4. The lowest BCUT2D eigenvalue weighted by atomic mass is 9.92. The molecule has 0 unspecified atom stereocenters. The molecule has 0 spiro atoms. The van der Waals surface area contributed by atoms with Crippen molar-refractivity contribution >= 4 is 11.8 Å². The molecule has 0 atom stereocenters. The Balaban J connectivity index is 2.14. The number of carboxylic acids is 1. The molecule has 0 bridgehead atoms. The van der Waals surface area contributed by atoms with Gasteiger partial charge in [-0.1, -0.05) is 20.8 Å². The Kier molecular flexibility index (Phi) is 4.21. The van der Waals surface area contributed by atoms with Gasteiger partial charge in [0.25, 0.3) is 0 Å². The second-order valence-electron chi connectivity index (χ2n) is 5.80. The number of nitrogens with one attached hydrogen (secondary N) is 2. The van der Waals surface area contributed by atoms with Crippen LogP contribution in [0, 0.1) is 0 Å². The average molecular weight is 289 g/mol. The molecule has 2 aromatic heterocycles. The molecule has 0 amide bonds. The number of rotatable bonds is 5. The highest BCUT2D eigenvalue weighted by molar-refractivity contribution is 5.83. The van der Waals surface area contributed by atoms with E-state index in [1.54, 1.807) is 12.3 Å². The van der Waals surface area contributed by atoms with Crippen molar-refractivity contribution in [3.8, 4) is 0 Å². The summed E-state index contributed by atoms with van der Waals surface area (Å²) in [6.07, 6.45) is 4.35. The fourth-order valence-corrected chi connectivity index (χ4v) is 1.77. The quantitative estimate of drug-likeness (QED) is 0.776. The molecule has 0 aliphatic heterocycles. The van der Waals surface area contributed by atoms with E-state index >= 15 is 0 Å². The van der Waals surface area contributed by atoms with Gasteiger partial charge >= 0.3 is 5.97 Å². The summed E-state index contributed by atoms with van der Waals surface area (Å²) in [5.74, 6) is -0.789. The number of carbonyl (C=O) groups is 1. The molecule has 7 heteroatoms. The first-order valence-corrected chi connectivity index (χ1v) is 6.70. The van der Waals surface area contributed by atoms with E-state index < -0.39 is 5.97 Å². The van der Waals surface area contributed by atoms with Gasteiger partial charge in [-0.15, -0.1) is 0 Å². The van der Waals surface area contributed by atoms with Gasteiger partial charge in [0.05, 0.1) is 11.9 Å². The van der Waals surface area contributed by atoms with Crippen LogP contribution >= 0.6 is 0 Å². The van der Waals surface area contributed by atoms with E-state index in [9.17, 15) is 4.79 Å². The molecule has 0 saturated heterocycles. The first-order chi connectivity index (χ1) is 9.86. The van der Waals surface area contributed by atoms with Gasteiger partial charge in [-0.05, 0) is 12.0 Å². The van der Waals surface area contributed by atoms with Crippen LogP contribution in [0.3, 0.4) is 0 Å². The van der Waals surface area contributed by atoms with E-state index in [-0.39, 0.29) is 11.2 Å². The van der Waals surface area contributed by atoms with E-state index in [0.29, 0.717) is 18.1 Å². The zero-order valence-corrected chi connectivity index (χ0v) is 12.3. The first kappa shape index (κ1) is 15.0. The van der Waals surface area contributed by atoms with Crippen molar-refractivity contribution in [2.24, 2.45) is 0 Å². The van der Waals surface area contributed by atoms with E-state index in [2.05, 4.69) is 25.5 Å². The highest BCUT2D eigenvalue weighted by atomic mass is 16.4. The Morgan fingerprint density at radius 3 is 2.71 bits per heavy atom. The maximum absolute atomic E-state index is 11.1. The number of anilines is 1. The van der Waals surface area contributed by atoms with Crippen LogP contribution in [0.2, 0.25) is 0 Å². The van der Waals surface area contributed by atoms with Crippen molar-refractivity contribution < 1.29 is 9.90 Å². The van der Waals surface area contributed by atoms with E-state index in [1.807, 2.05) is 27.0 Å². The van der Waals surface area contributed by atoms with E-state index in [4.69, 9.17) is 5.11 Å². The summed E-state index contributed by atoms with van der Waals surface area (Å²) in [6, 6.07) is 1.79. The highest BCUT2D eigenvalue weighted by Crippen LogP contribution is 2.22. The van der Waals surface area contributed by atoms with Crippen LogP contribution in [0.5, 0.6) is 0 Å². The number of hydrogen-bond acceptors (Lipinski definition) is 5. The van der Waals surface area contributed by atoms with Gasteiger partial charge in [-0.3, -0.25) is 5.10 Å².